The lowest BCUT2D eigenvalue weighted by molar-refractivity contribution is -0.137. The maximum atomic E-state index is 12.4. The van der Waals surface area contributed by atoms with Gasteiger partial charge in [0.15, 0.2) is 0 Å². The van der Waals surface area contributed by atoms with Gasteiger partial charge in [-0.1, -0.05) is 11.6 Å². The molecule has 0 aliphatic heterocycles. The molecule has 0 aromatic carbocycles. The summed E-state index contributed by atoms with van der Waals surface area (Å²) in [5.41, 5.74) is 0.299. The van der Waals surface area contributed by atoms with Gasteiger partial charge in [0, 0.05) is 11.4 Å². The Balaban J connectivity index is 1.81. The topological polar surface area (TPSA) is 70.5 Å². The van der Waals surface area contributed by atoms with Crippen LogP contribution in [0.25, 0.3) is 9.88 Å². The molecule has 0 unspecified atom stereocenters. The van der Waals surface area contributed by atoms with Crippen LogP contribution in [-0.2, 0) is 4.79 Å². The van der Waals surface area contributed by atoms with E-state index in [1.165, 1.54) is 27.6 Å². The van der Waals surface area contributed by atoms with Crippen LogP contribution >= 0.6 is 34.3 Å². The molecular weight excluding hydrogens is 332 g/mol. The number of rotatable bonds is 5. The molecule has 0 saturated heterocycles. The van der Waals surface area contributed by atoms with Crippen molar-refractivity contribution < 1.29 is 14.7 Å². The summed E-state index contributed by atoms with van der Waals surface area (Å²) in [4.78, 5) is 29.9. The van der Waals surface area contributed by atoms with Gasteiger partial charge in [0.05, 0.1) is 9.21 Å². The van der Waals surface area contributed by atoms with E-state index in [0.29, 0.717) is 10.0 Å². The Morgan fingerprint density at radius 3 is 2.76 bits per heavy atom. The second-order valence-corrected chi connectivity index (χ2v) is 7.27. The van der Waals surface area contributed by atoms with Crippen molar-refractivity contribution in [2.75, 3.05) is 6.54 Å². The van der Waals surface area contributed by atoms with Gasteiger partial charge >= 0.3 is 5.97 Å². The Labute approximate surface area is 133 Å². The fourth-order valence-corrected chi connectivity index (χ4v) is 3.87. The van der Waals surface area contributed by atoms with Crippen molar-refractivity contribution in [3.05, 3.63) is 27.5 Å². The fraction of sp³-hybridized carbons (Fsp3) is 0.308. The van der Waals surface area contributed by atoms with Gasteiger partial charge in [-0.3, -0.25) is 9.59 Å². The van der Waals surface area contributed by atoms with E-state index in [4.69, 9.17) is 16.7 Å². The predicted octanol–water partition coefficient (Wildman–Crippen LogP) is 3.21. The molecule has 21 heavy (non-hydrogen) atoms. The van der Waals surface area contributed by atoms with Gasteiger partial charge in [0.2, 0.25) is 0 Å². The molecule has 0 radical (unpaired) electrons. The highest BCUT2D eigenvalue weighted by Crippen LogP contribution is 2.34. The number of thiophene rings is 1. The molecule has 1 aliphatic rings. The standard InChI is InChI=1S/C13H11ClN2O3S2/c14-10-4-3-9(21-10)12-15-8(6-20-12)13(19)16(5-11(17)18)7-1-2-7/h3-4,6-7H,1-2,5H2,(H,17,18). The zero-order chi connectivity index (χ0) is 15.0. The largest absolute Gasteiger partial charge is 0.480 e. The molecule has 110 valence electrons. The lowest BCUT2D eigenvalue weighted by atomic mass is 10.3. The van der Waals surface area contributed by atoms with Crippen molar-refractivity contribution >= 4 is 46.2 Å². The number of hydrogen-bond donors (Lipinski definition) is 1. The van der Waals surface area contributed by atoms with Crippen LogP contribution < -0.4 is 0 Å². The second-order valence-electron chi connectivity index (χ2n) is 4.70. The van der Waals surface area contributed by atoms with E-state index in [1.54, 1.807) is 11.4 Å². The number of carboxylic acid groups (broad SMARTS) is 1. The average Bonchev–Trinajstić information content (AvgIpc) is 2.98. The molecule has 1 fully saturated rings. The number of halogens is 1. The van der Waals surface area contributed by atoms with Crippen molar-refractivity contribution in [3.63, 3.8) is 0 Å². The summed E-state index contributed by atoms with van der Waals surface area (Å²) in [6.07, 6.45) is 1.72. The van der Waals surface area contributed by atoms with E-state index in [2.05, 4.69) is 4.98 Å². The summed E-state index contributed by atoms with van der Waals surface area (Å²) in [5, 5.41) is 11.3. The Bertz CT molecular complexity index is 693. The molecule has 2 heterocycles. The van der Waals surface area contributed by atoms with Crippen LogP contribution in [0.15, 0.2) is 17.5 Å². The minimum atomic E-state index is -1.00. The highest BCUT2D eigenvalue weighted by atomic mass is 35.5. The smallest absolute Gasteiger partial charge is 0.323 e. The molecule has 1 N–H and O–H groups in total. The number of aromatic nitrogens is 1. The molecule has 5 nitrogen and oxygen atoms in total. The molecule has 8 heteroatoms. The minimum absolute atomic E-state index is 0.0370. The van der Waals surface area contributed by atoms with E-state index in [-0.39, 0.29) is 18.5 Å². The first-order chi connectivity index (χ1) is 10.0. The summed E-state index contributed by atoms with van der Waals surface area (Å²) in [5.74, 6) is -1.32. The Hall–Kier alpha value is -1.44. The third-order valence-electron chi connectivity index (χ3n) is 3.06. The van der Waals surface area contributed by atoms with Crippen molar-refractivity contribution in [1.82, 2.24) is 9.88 Å². The summed E-state index contributed by atoms with van der Waals surface area (Å²) < 4.78 is 0.665. The molecule has 0 spiro atoms. The molecule has 3 rings (SSSR count). The highest BCUT2D eigenvalue weighted by molar-refractivity contribution is 7.23. The predicted molar refractivity (Wildman–Crippen MR) is 82.1 cm³/mol. The quantitative estimate of drug-likeness (QED) is 0.905. The zero-order valence-electron chi connectivity index (χ0n) is 10.8. The maximum Gasteiger partial charge on any atom is 0.323 e. The summed E-state index contributed by atoms with van der Waals surface area (Å²) >= 11 is 8.65. The van der Waals surface area contributed by atoms with Crippen LogP contribution in [0.1, 0.15) is 23.3 Å². The number of carbonyl (C=O) groups is 2. The van der Waals surface area contributed by atoms with Gasteiger partial charge in [-0.25, -0.2) is 4.98 Å². The number of carbonyl (C=O) groups excluding carboxylic acids is 1. The van der Waals surface area contributed by atoms with Gasteiger partial charge in [-0.2, -0.15) is 0 Å². The van der Waals surface area contributed by atoms with Crippen molar-refractivity contribution in [3.8, 4) is 9.88 Å². The lowest BCUT2D eigenvalue weighted by Gasteiger charge is -2.18. The van der Waals surface area contributed by atoms with E-state index >= 15 is 0 Å². The Morgan fingerprint density at radius 1 is 1.43 bits per heavy atom. The summed E-state index contributed by atoms with van der Waals surface area (Å²) in [7, 11) is 0. The zero-order valence-corrected chi connectivity index (χ0v) is 13.2. The van der Waals surface area contributed by atoms with Crippen LogP contribution in [0.4, 0.5) is 0 Å². The Morgan fingerprint density at radius 2 is 2.19 bits per heavy atom. The molecule has 1 aliphatic carbocycles. The average molecular weight is 343 g/mol. The van der Waals surface area contributed by atoms with Gasteiger partial charge in [-0.15, -0.1) is 22.7 Å². The second kappa shape index (κ2) is 5.75. The van der Waals surface area contributed by atoms with Crippen LogP contribution in [0.5, 0.6) is 0 Å². The van der Waals surface area contributed by atoms with Crippen molar-refractivity contribution in [2.45, 2.75) is 18.9 Å². The SMILES string of the molecule is O=C(O)CN(C(=O)c1csc(-c2ccc(Cl)s2)n1)C1CC1. The summed E-state index contributed by atoms with van der Waals surface area (Å²) in [6.45, 7) is -0.277. The molecule has 2 aromatic rings. The molecule has 0 bridgehead atoms. The first-order valence-corrected chi connectivity index (χ1v) is 8.36. The minimum Gasteiger partial charge on any atom is -0.480 e. The third-order valence-corrected chi connectivity index (χ3v) is 5.30. The number of amides is 1. The van der Waals surface area contributed by atoms with E-state index in [9.17, 15) is 9.59 Å². The number of hydrogen-bond acceptors (Lipinski definition) is 5. The van der Waals surface area contributed by atoms with E-state index in [1.807, 2.05) is 6.07 Å². The monoisotopic (exact) mass is 342 g/mol. The first kappa shape index (κ1) is 14.5. The van der Waals surface area contributed by atoms with Crippen LogP contribution in [0, 0.1) is 0 Å². The van der Waals surface area contributed by atoms with Gasteiger partial charge in [-0.05, 0) is 25.0 Å². The normalized spacial score (nSPS) is 14.1. The van der Waals surface area contributed by atoms with Crippen LogP contribution in [-0.4, -0.2) is 39.5 Å². The van der Waals surface area contributed by atoms with E-state index < -0.39 is 5.97 Å². The first-order valence-electron chi connectivity index (χ1n) is 6.28. The number of thiazole rings is 1. The molecule has 2 aromatic heterocycles. The van der Waals surface area contributed by atoms with E-state index in [0.717, 1.165) is 22.7 Å². The van der Waals surface area contributed by atoms with Gasteiger partial charge in [0.1, 0.15) is 17.2 Å². The number of aliphatic carboxylic acids is 1. The van der Waals surface area contributed by atoms with Crippen molar-refractivity contribution in [2.24, 2.45) is 0 Å². The fourth-order valence-electron chi connectivity index (χ4n) is 1.96. The Kier molecular flexibility index (Phi) is 3.97. The molecule has 1 amide bonds. The highest BCUT2D eigenvalue weighted by Gasteiger charge is 2.35. The number of carboxylic acids is 1. The van der Waals surface area contributed by atoms with Gasteiger partial charge in [0.25, 0.3) is 5.91 Å². The van der Waals surface area contributed by atoms with Crippen LogP contribution in [0.3, 0.4) is 0 Å². The van der Waals surface area contributed by atoms with Crippen LogP contribution in [0.2, 0.25) is 4.34 Å². The van der Waals surface area contributed by atoms with Gasteiger partial charge < -0.3 is 10.0 Å². The molecule has 0 atom stereocenters. The third kappa shape index (κ3) is 3.25. The maximum absolute atomic E-state index is 12.4. The number of nitrogens with zero attached hydrogens (tertiary/aromatic N) is 2. The van der Waals surface area contributed by atoms with Crippen molar-refractivity contribution in [1.29, 1.82) is 0 Å². The lowest BCUT2D eigenvalue weighted by Crippen LogP contribution is -2.37. The molecular formula is C13H11ClN2O3S2. The summed E-state index contributed by atoms with van der Waals surface area (Å²) in [6, 6.07) is 3.68. The molecule has 1 saturated carbocycles.